The van der Waals surface area contributed by atoms with Gasteiger partial charge in [-0.3, -0.25) is 0 Å². The Morgan fingerprint density at radius 1 is 1.26 bits per heavy atom. The van der Waals surface area contributed by atoms with Gasteiger partial charge < -0.3 is 15.5 Å². The van der Waals surface area contributed by atoms with Gasteiger partial charge in [-0.25, -0.2) is 19.4 Å². The molecule has 0 spiro atoms. The maximum Gasteiger partial charge on any atom is 0.191 e. The number of aromatic nitrogens is 2. The Labute approximate surface area is 203 Å². The van der Waals surface area contributed by atoms with Crippen LogP contribution in [0.3, 0.4) is 0 Å². The fourth-order valence-corrected chi connectivity index (χ4v) is 4.19. The molecular formula is C22H26FIN6S. The lowest BCUT2D eigenvalue weighted by molar-refractivity contribution is 0.612. The summed E-state index contributed by atoms with van der Waals surface area (Å²) in [7, 11) is 0. The number of rotatable bonds is 6. The van der Waals surface area contributed by atoms with Crippen molar-refractivity contribution in [2.75, 3.05) is 24.5 Å². The van der Waals surface area contributed by atoms with Gasteiger partial charge in [0.15, 0.2) is 17.6 Å². The summed E-state index contributed by atoms with van der Waals surface area (Å²) in [6.45, 7) is 4.77. The van der Waals surface area contributed by atoms with E-state index in [-0.39, 0.29) is 35.8 Å². The highest BCUT2D eigenvalue weighted by Crippen LogP contribution is 2.22. The average Bonchev–Trinajstić information content (AvgIpc) is 3.43. The van der Waals surface area contributed by atoms with E-state index in [9.17, 15) is 4.39 Å². The number of aliphatic imine (C=N–C) groups is 1. The van der Waals surface area contributed by atoms with Gasteiger partial charge in [-0.15, -0.1) is 35.3 Å². The van der Waals surface area contributed by atoms with E-state index in [1.54, 1.807) is 23.6 Å². The first kappa shape index (κ1) is 23.4. The Morgan fingerprint density at radius 2 is 2.10 bits per heavy atom. The lowest BCUT2D eigenvalue weighted by Gasteiger charge is -2.19. The Hall–Kier alpha value is -2.27. The fraction of sp³-hybridized carbons (Fsp3) is 0.318. The highest BCUT2D eigenvalue weighted by molar-refractivity contribution is 14.0. The van der Waals surface area contributed by atoms with E-state index < -0.39 is 0 Å². The van der Waals surface area contributed by atoms with E-state index in [0.717, 1.165) is 41.7 Å². The minimum atomic E-state index is -0.281. The lowest BCUT2D eigenvalue weighted by atomic mass is 10.2. The summed E-state index contributed by atoms with van der Waals surface area (Å²) in [5.41, 5.74) is 2.09. The zero-order chi connectivity index (χ0) is 20.8. The van der Waals surface area contributed by atoms with Gasteiger partial charge in [-0.1, -0.05) is 30.3 Å². The molecular weight excluding hydrogens is 526 g/mol. The molecule has 31 heavy (non-hydrogen) atoms. The zero-order valence-corrected chi connectivity index (χ0v) is 20.4. The maximum atomic E-state index is 14.0. The van der Waals surface area contributed by atoms with Crippen molar-refractivity contribution in [3.63, 3.8) is 0 Å². The van der Waals surface area contributed by atoms with Gasteiger partial charge >= 0.3 is 0 Å². The molecule has 1 aliphatic rings. The molecule has 9 heteroatoms. The number of halogens is 2. The molecule has 1 saturated heterocycles. The number of nitrogens with one attached hydrogen (secondary N) is 2. The van der Waals surface area contributed by atoms with Gasteiger partial charge in [-0.05, 0) is 25.5 Å². The van der Waals surface area contributed by atoms with Crippen molar-refractivity contribution in [1.82, 2.24) is 20.6 Å². The van der Waals surface area contributed by atoms with Crippen LogP contribution < -0.4 is 15.5 Å². The van der Waals surface area contributed by atoms with E-state index in [2.05, 4.69) is 33.1 Å². The van der Waals surface area contributed by atoms with Gasteiger partial charge in [0.1, 0.15) is 5.01 Å². The van der Waals surface area contributed by atoms with E-state index in [1.165, 1.54) is 6.07 Å². The largest absolute Gasteiger partial charge is 0.357 e. The second kappa shape index (κ2) is 11.4. The molecule has 2 N–H and O–H groups in total. The molecule has 1 aromatic carbocycles. The van der Waals surface area contributed by atoms with Crippen LogP contribution in [-0.4, -0.2) is 41.6 Å². The predicted molar refractivity (Wildman–Crippen MR) is 136 cm³/mol. The van der Waals surface area contributed by atoms with Crippen LogP contribution in [0.4, 0.5) is 10.2 Å². The van der Waals surface area contributed by atoms with Crippen LogP contribution in [0.15, 0.2) is 59.0 Å². The van der Waals surface area contributed by atoms with Gasteiger partial charge in [-0.2, -0.15) is 0 Å². The third-order valence-corrected chi connectivity index (χ3v) is 5.74. The third-order valence-electron chi connectivity index (χ3n) is 4.91. The maximum absolute atomic E-state index is 14.0. The molecule has 1 atom stereocenters. The third kappa shape index (κ3) is 6.13. The minimum Gasteiger partial charge on any atom is -0.357 e. The van der Waals surface area contributed by atoms with Gasteiger partial charge in [0.2, 0.25) is 0 Å². The SMILES string of the molecule is CCNC(=NCc1nc(-c2ccccc2)cs1)NC1CCN(c2ncccc2F)C1.I. The fourth-order valence-electron chi connectivity index (χ4n) is 3.47. The molecule has 1 fully saturated rings. The van der Waals surface area contributed by atoms with Crippen molar-refractivity contribution < 1.29 is 4.39 Å². The van der Waals surface area contributed by atoms with Crippen molar-refractivity contribution in [2.45, 2.75) is 25.9 Å². The Bertz CT molecular complexity index is 996. The molecule has 3 heterocycles. The summed E-state index contributed by atoms with van der Waals surface area (Å²) in [5.74, 6) is 0.888. The molecule has 1 aliphatic heterocycles. The Balaban J connectivity index is 0.00000272. The van der Waals surface area contributed by atoms with Gasteiger partial charge in [0.25, 0.3) is 0 Å². The Kier molecular flexibility index (Phi) is 8.59. The number of anilines is 1. The van der Waals surface area contributed by atoms with Crippen molar-refractivity contribution in [1.29, 1.82) is 0 Å². The molecule has 0 saturated carbocycles. The first-order valence-corrected chi connectivity index (χ1v) is 11.0. The highest BCUT2D eigenvalue weighted by Gasteiger charge is 2.25. The van der Waals surface area contributed by atoms with Crippen molar-refractivity contribution in [3.8, 4) is 11.3 Å². The first-order chi connectivity index (χ1) is 14.7. The molecule has 0 aliphatic carbocycles. The first-order valence-electron chi connectivity index (χ1n) is 10.1. The van der Waals surface area contributed by atoms with Crippen LogP contribution >= 0.6 is 35.3 Å². The van der Waals surface area contributed by atoms with Gasteiger partial charge in [0, 0.05) is 42.8 Å². The molecule has 0 radical (unpaired) electrons. The summed E-state index contributed by atoms with van der Waals surface area (Å²) in [4.78, 5) is 15.6. The van der Waals surface area contributed by atoms with E-state index in [1.807, 2.05) is 30.0 Å². The van der Waals surface area contributed by atoms with Gasteiger partial charge in [0.05, 0.1) is 12.2 Å². The molecule has 164 valence electrons. The van der Waals surface area contributed by atoms with Crippen LogP contribution in [0.1, 0.15) is 18.4 Å². The molecule has 0 amide bonds. The monoisotopic (exact) mass is 552 g/mol. The normalized spacial score (nSPS) is 16.1. The summed E-state index contributed by atoms with van der Waals surface area (Å²) >= 11 is 1.61. The zero-order valence-electron chi connectivity index (χ0n) is 17.3. The molecule has 1 unspecified atom stereocenters. The quantitative estimate of drug-likeness (QED) is 0.272. The van der Waals surface area contributed by atoms with Crippen molar-refractivity contribution in [3.05, 3.63) is 64.9 Å². The average molecular weight is 552 g/mol. The topological polar surface area (TPSA) is 65.4 Å². The number of hydrogen-bond donors (Lipinski definition) is 2. The standard InChI is InChI=1S/C22H25FN6S.HI/c1-2-24-22(26-13-20-28-19(15-30-20)16-7-4-3-5-8-16)27-17-10-12-29(14-17)21-18(23)9-6-11-25-21;/h3-9,11,15,17H,2,10,12-14H2,1H3,(H2,24,26,27);1H. The second-order valence-electron chi connectivity index (χ2n) is 7.07. The smallest absolute Gasteiger partial charge is 0.191 e. The number of thiazole rings is 1. The van der Waals surface area contributed by atoms with Crippen LogP contribution in [-0.2, 0) is 6.54 Å². The van der Waals surface area contributed by atoms with Crippen LogP contribution in [0.5, 0.6) is 0 Å². The van der Waals surface area contributed by atoms with E-state index in [0.29, 0.717) is 18.9 Å². The van der Waals surface area contributed by atoms with E-state index >= 15 is 0 Å². The molecule has 0 bridgehead atoms. The molecule has 4 rings (SSSR count). The number of benzene rings is 1. The van der Waals surface area contributed by atoms with Crippen LogP contribution in [0.25, 0.3) is 11.3 Å². The molecule has 6 nitrogen and oxygen atoms in total. The van der Waals surface area contributed by atoms with Crippen molar-refractivity contribution >= 4 is 47.1 Å². The number of pyridine rings is 1. The molecule has 3 aromatic rings. The number of hydrogen-bond acceptors (Lipinski definition) is 5. The lowest BCUT2D eigenvalue weighted by Crippen LogP contribution is -2.44. The number of nitrogens with zero attached hydrogens (tertiary/aromatic N) is 4. The number of guanidine groups is 1. The second-order valence-corrected chi connectivity index (χ2v) is 8.02. The molecule has 2 aromatic heterocycles. The van der Waals surface area contributed by atoms with Crippen LogP contribution in [0, 0.1) is 5.82 Å². The highest BCUT2D eigenvalue weighted by atomic mass is 127. The summed E-state index contributed by atoms with van der Waals surface area (Å²) < 4.78 is 14.0. The predicted octanol–water partition coefficient (Wildman–Crippen LogP) is 4.30. The van der Waals surface area contributed by atoms with E-state index in [4.69, 9.17) is 9.98 Å². The Morgan fingerprint density at radius 3 is 2.87 bits per heavy atom. The summed E-state index contributed by atoms with van der Waals surface area (Å²) in [6, 6.07) is 13.4. The van der Waals surface area contributed by atoms with Crippen LogP contribution in [0.2, 0.25) is 0 Å². The summed E-state index contributed by atoms with van der Waals surface area (Å²) in [6.07, 6.45) is 2.53. The summed E-state index contributed by atoms with van der Waals surface area (Å²) in [5, 5.41) is 9.79. The minimum absolute atomic E-state index is 0. The van der Waals surface area contributed by atoms with Crippen molar-refractivity contribution in [2.24, 2.45) is 4.99 Å².